The monoisotopic (exact) mass is 840 g/mol. The van der Waals surface area contributed by atoms with Gasteiger partial charge in [0.2, 0.25) is 23.6 Å². The van der Waals surface area contributed by atoms with E-state index in [0.717, 1.165) is 16.7 Å². The molecule has 4 aromatic carbocycles. The molecule has 62 heavy (non-hydrogen) atoms. The third-order valence-electron chi connectivity index (χ3n) is 10.3. The zero-order valence-corrected chi connectivity index (χ0v) is 33.7. The molecule has 320 valence electrons. The summed E-state index contributed by atoms with van der Waals surface area (Å²) >= 11 is 0. The highest BCUT2D eigenvalue weighted by Gasteiger charge is 2.33. The predicted molar refractivity (Wildman–Crippen MR) is 228 cm³/mol. The Morgan fingerprint density at radius 2 is 1.23 bits per heavy atom. The van der Waals surface area contributed by atoms with Gasteiger partial charge in [0.05, 0.1) is 6.61 Å². The van der Waals surface area contributed by atoms with Crippen molar-refractivity contribution in [1.82, 2.24) is 31.6 Å². The van der Waals surface area contributed by atoms with Gasteiger partial charge in [-0.3, -0.25) is 29.0 Å². The van der Waals surface area contributed by atoms with Gasteiger partial charge >= 0.3 is 5.97 Å². The summed E-state index contributed by atoms with van der Waals surface area (Å²) in [5, 5.41) is 32.6. The lowest BCUT2D eigenvalue weighted by atomic mass is 9.98. The number of rotatable bonds is 12. The Morgan fingerprint density at radius 3 is 1.85 bits per heavy atom. The average molecular weight is 841 g/mol. The maximum Gasteiger partial charge on any atom is 0.328 e. The number of carbonyl (C=O) groups excluding carboxylic acids is 5. The van der Waals surface area contributed by atoms with Gasteiger partial charge < -0.3 is 41.5 Å². The highest BCUT2D eigenvalue weighted by Crippen LogP contribution is 2.20. The molecule has 0 unspecified atom stereocenters. The van der Waals surface area contributed by atoms with Crippen molar-refractivity contribution >= 4 is 35.5 Å². The summed E-state index contributed by atoms with van der Waals surface area (Å²) in [6.07, 6.45) is 3.46. The van der Waals surface area contributed by atoms with E-state index in [9.17, 15) is 39.0 Å². The molecule has 7 rings (SSSR count). The van der Waals surface area contributed by atoms with Crippen molar-refractivity contribution in [3.8, 4) is 16.9 Å². The van der Waals surface area contributed by atoms with E-state index in [1.165, 1.54) is 0 Å². The molecule has 5 atom stereocenters. The van der Waals surface area contributed by atoms with Crippen LogP contribution in [-0.4, -0.2) is 94.1 Å². The number of carbonyl (C=O) groups is 6. The minimum absolute atomic E-state index is 0.00452. The Labute approximate surface area is 358 Å². The quantitative estimate of drug-likeness (QED) is 0.0908. The van der Waals surface area contributed by atoms with Crippen molar-refractivity contribution in [2.24, 2.45) is 0 Å². The van der Waals surface area contributed by atoms with Crippen LogP contribution in [0.25, 0.3) is 11.1 Å². The summed E-state index contributed by atoms with van der Waals surface area (Å²) in [5.74, 6) is -4.81. The molecule has 2 aliphatic rings. The van der Waals surface area contributed by atoms with Crippen molar-refractivity contribution in [2.45, 2.75) is 62.3 Å². The molecule has 5 aromatic rings. The van der Waals surface area contributed by atoms with Crippen molar-refractivity contribution in [3.63, 3.8) is 0 Å². The lowest BCUT2D eigenvalue weighted by Crippen LogP contribution is -2.60. The van der Waals surface area contributed by atoms with E-state index in [-0.39, 0.29) is 25.7 Å². The topological polar surface area (TPSA) is 225 Å². The number of ether oxygens (including phenoxy) is 1. The molecular weight excluding hydrogens is 793 g/mol. The van der Waals surface area contributed by atoms with Crippen LogP contribution in [0.15, 0.2) is 134 Å². The normalized spacial score (nSPS) is 19.2. The third-order valence-corrected chi connectivity index (χ3v) is 10.3. The van der Waals surface area contributed by atoms with Gasteiger partial charge in [0.1, 0.15) is 36.0 Å². The van der Waals surface area contributed by atoms with Crippen LogP contribution >= 0.6 is 0 Å². The SMILES string of the molecule is O=C1COc2ccc(cc2)C[C@@H](C(=O)N[C@@H](CO)C(=O)O)NC(=O)[C@H](CCc2ccccc2)NC(=O)[C@@H](Cc2ccc(-c3ccccc3)cc2)NC(=O)[C@H](Cc2ccncc2)N1. The zero-order chi connectivity index (χ0) is 43.8. The molecular formula is C47H48N6O9. The van der Waals surface area contributed by atoms with Crippen molar-refractivity contribution < 1.29 is 43.7 Å². The minimum Gasteiger partial charge on any atom is -0.484 e. The molecule has 0 saturated heterocycles. The first kappa shape index (κ1) is 44.2. The number of hydrogen-bond donors (Lipinski definition) is 7. The van der Waals surface area contributed by atoms with E-state index < -0.39 is 78.9 Å². The van der Waals surface area contributed by atoms with Crippen molar-refractivity contribution in [3.05, 3.63) is 156 Å². The number of nitrogens with zero attached hydrogens (tertiary/aromatic N) is 1. The molecule has 0 fully saturated rings. The maximum absolute atomic E-state index is 14.5. The first-order valence-electron chi connectivity index (χ1n) is 20.2. The van der Waals surface area contributed by atoms with Gasteiger partial charge in [-0.25, -0.2) is 4.79 Å². The fourth-order valence-corrected chi connectivity index (χ4v) is 6.92. The number of fused-ring (bicyclic) bond motifs is 16. The number of carboxylic acid groups (broad SMARTS) is 1. The van der Waals surface area contributed by atoms with Crippen LogP contribution in [0.5, 0.6) is 5.75 Å². The molecule has 15 heteroatoms. The molecule has 1 aromatic heterocycles. The number of carboxylic acids is 1. The molecule has 0 saturated carbocycles. The molecule has 0 aliphatic carbocycles. The lowest BCUT2D eigenvalue weighted by Gasteiger charge is -2.27. The molecule has 15 nitrogen and oxygen atoms in total. The standard InChI is InChI=1S/C47H48N6O9/c54-28-41(47(60)61)53-46(59)40-26-32-13-18-36(19-14-32)62-29-42(55)49-38(27-33-21-23-48-24-22-33)44(57)52-39(25-31-11-16-35(17-12-31)34-9-5-2-6-10-34)45(58)50-37(43(56)51-40)20-15-30-7-3-1-4-8-30/h1-14,16-19,21-24,37-41,54H,15,20,25-29H2,(H,49,55)(H,50,58)(H,51,56)(H,52,57)(H,53,59)(H,60,61)/t37-,38-,39+,40-,41-/m0/s1. The van der Waals surface area contributed by atoms with E-state index >= 15 is 0 Å². The number of aromatic nitrogens is 1. The second-order valence-electron chi connectivity index (χ2n) is 14.9. The first-order valence-corrected chi connectivity index (χ1v) is 20.2. The van der Waals surface area contributed by atoms with Gasteiger partial charge in [0.25, 0.3) is 5.91 Å². The van der Waals surface area contributed by atoms with E-state index in [0.29, 0.717) is 28.9 Å². The van der Waals surface area contributed by atoms with Crippen LogP contribution in [0.1, 0.15) is 28.7 Å². The zero-order valence-electron chi connectivity index (χ0n) is 33.7. The van der Waals surface area contributed by atoms with Crippen LogP contribution in [-0.2, 0) is 54.5 Å². The number of amides is 5. The molecule has 5 amide bonds. The predicted octanol–water partition coefficient (Wildman–Crippen LogP) is 2.30. The number of pyridine rings is 1. The molecule has 0 radical (unpaired) electrons. The lowest BCUT2D eigenvalue weighted by molar-refractivity contribution is -0.143. The van der Waals surface area contributed by atoms with Gasteiger partial charge in [-0.1, -0.05) is 97.1 Å². The van der Waals surface area contributed by atoms with Crippen LogP contribution in [0.4, 0.5) is 0 Å². The smallest absolute Gasteiger partial charge is 0.328 e. The number of aryl methyl sites for hydroxylation is 1. The summed E-state index contributed by atoms with van der Waals surface area (Å²) in [5.41, 5.74) is 4.71. The Hall–Kier alpha value is -7.39. The van der Waals surface area contributed by atoms with Gasteiger partial charge in [0.15, 0.2) is 6.61 Å². The summed E-state index contributed by atoms with van der Waals surface area (Å²) in [4.78, 5) is 85.9. The maximum atomic E-state index is 14.5. The third kappa shape index (κ3) is 12.8. The number of aliphatic hydroxyl groups excluding tert-OH is 1. The summed E-state index contributed by atoms with van der Waals surface area (Å²) in [6.45, 7) is -1.36. The van der Waals surface area contributed by atoms with E-state index in [2.05, 4.69) is 31.6 Å². The van der Waals surface area contributed by atoms with E-state index in [1.54, 1.807) is 48.8 Å². The van der Waals surface area contributed by atoms with Crippen LogP contribution in [0, 0.1) is 0 Å². The highest BCUT2D eigenvalue weighted by molar-refractivity contribution is 5.96. The highest BCUT2D eigenvalue weighted by atomic mass is 16.5. The number of aliphatic carboxylic acids is 1. The summed E-state index contributed by atoms with van der Waals surface area (Å²) < 4.78 is 5.73. The van der Waals surface area contributed by atoms with Gasteiger partial charge in [-0.15, -0.1) is 0 Å². The van der Waals surface area contributed by atoms with Crippen molar-refractivity contribution in [2.75, 3.05) is 13.2 Å². The minimum atomic E-state index is -1.65. The Bertz CT molecular complexity index is 2300. The molecule has 2 aliphatic heterocycles. The molecule has 2 bridgehead atoms. The van der Waals surface area contributed by atoms with Gasteiger partial charge in [0, 0.05) is 31.7 Å². The molecule has 3 heterocycles. The summed E-state index contributed by atoms with van der Waals surface area (Å²) in [6, 6.07) is 29.5. The van der Waals surface area contributed by atoms with Gasteiger partial charge in [-0.2, -0.15) is 0 Å². The fraction of sp³-hybridized carbons (Fsp3) is 0.255. The second-order valence-corrected chi connectivity index (χ2v) is 14.9. The molecule has 0 spiro atoms. The average Bonchev–Trinajstić information content (AvgIpc) is 3.29. The fourth-order valence-electron chi connectivity index (χ4n) is 6.92. The molecule has 7 N–H and O–H groups in total. The van der Waals surface area contributed by atoms with Crippen LogP contribution < -0.4 is 31.3 Å². The van der Waals surface area contributed by atoms with Crippen LogP contribution in [0.2, 0.25) is 0 Å². The number of hydrogen-bond acceptors (Lipinski definition) is 9. The number of aliphatic hydroxyl groups is 1. The summed E-state index contributed by atoms with van der Waals surface area (Å²) in [7, 11) is 0. The second kappa shape index (κ2) is 21.7. The van der Waals surface area contributed by atoms with Gasteiger partial charge in [-0.05, 0) is 70.5 Å². The Morgan fingerprint density at radius 1 is 0.661 bits per heavy atom. The number of benzene rings is 4. The van der Waals surface area contributed by atoms with E-state index in [1.807, 2.05) is 84.9 Å². The Balaban J connectivity index is 1.36. The Kier molecular flexibility index (Phi) is 15.5. The largest absolute Gasteiger partial charge is 0.484 e. The first-order chi connectivity index (χ1) is 30.0. The number of nitrogens with one attached hydrogen (secondary N) is 5. The van der Waals surface area contributed by atoms with Crippen molar-refractivity contribution in [1.29, 1.82) is 0 Å². The van der Waals surface area contributed by atoms with Crippen LogP contribution in [0.3, 0.4) is 0 Å². The van der Waals surface area contributed by atoms with E-state index in [4.69, 9.17) is 4.74 Å².